The largest absolute Gasteiger partial charge is 0.351 e. The topological polar surface area (TPSA) is 46.2 Å². The van der Waals surface area contributed by atoms with Gasteiger partial charge in [-0.15, -0.1) is 11.6 Å². The summed E-state index contributed by atoms with van der Waals surface area (Å²) in [6.07, 6.45) is 4.87. The Morgan fingerprint density at radius 1 is 1.08 bits per heavy atom. The summed E-state index contributed by atoms with van der Waals surface area (Å²) >= 11 is 6.75. The SMILES string of the molecule is O=C(NCc1ccccc1)[C@]1(S(=O)c2ccccc2)[C@@H]2C=C[C@@H](C2)[C@H]1Cl. The minimum Gasteiger partial charge on any atom is -0.351 e. The molecular formula is C21H20ClNO2S. The van der Waals surface area contributed by atoms with Gasteiger partial charge in [-0.25, -0.2) is 0 Å². The molecule has 1 amide bonds. The predicted octanol–water partition coefficient (Wildman–Crippen LogP) is 3.66. The van der Waals surface area contributed by atoms with E-state index in [4.69, 9.17) is 11.6 Å². The zero-order valence-electron chi connectivity index (χ0n) is 14.2. The quantitative estimate of drug-likeness (QED) is 0.630. The molecule has 0 heterocycles. The van der Waals surface area contributed by atoms with Crippen LogP contribution in [0.25, 0.3) is 0 Å². The highest BCUT2D eigenvalue weighted by molar-refractivity contribution is 7.87. The van der Waals surface area contributed by atoms with Crippen molar-refractivity contribution in [3.8, 4) is 0 Å². The van der Waals surface area contributed by atoms with E-state index in [9.17, 15) is 9.00 Å². The van der Waals surface area contributed by atoms with E-state index in [-0.39, 0.29) is 17.7 Å². The first-order valence-electron chi connectivity index (χ1n) is 8.75. The Morgan fingerprint density at radius 3 is 2.35 bits per heavy atom. The van der Waals surface area contributed by atoms with Crippen molar-refractivity contribution in [2.24, 2.45) is 11.8 Å². The van der Waals surface area contributed by atoms with Crippen molar-refractivity contribution in [2.45, 2.75) is 28.0 Å². The molecule has 2 aromatic rings. The summed E-state index contributed by atoms with van der Waals surface area (Å²) < 4.78 is 12.4. The molecule has 2 aliphatic carbocycles. The maximum absolute atomic E-state index is 13.6. The monoisotopic (exact) mass is 385 g/mol. The standard InChI is InChI=1S/C21H20ClNO2S/c22-19-16-11-12-17(13-16)21(19,26(25)18-9-5-2-6-10-18)20(24)23-14-15-7-3-1-4-8-15/h1-12,16-17,19H,13-14H2,(H,23,24)/t16-,17+,19+,21-,26?/m0/s1. The number of amides is 1. The molecule has 2 aliphatic rings. The molecule has 2 bridgehead atoms. The normalized spacial score (nSPS) is 30.3. The number of allylic oxidation sites excluding steroid dienone is 2. The van der Waals surface area contributed by atoms with E-state index in [2.05, 4.69) is 11.4 Å². The first-order valence-corrected chi connectivity index (χ1v) is 10.3. The Balaban J connectivity index is 1.67. The fourth-order valence-electron chi connectivity index (χ4n) is 4.06. The summed E-state index contributed by atoms with van der Waals surface area (Å²) in [4.78, 5) is 14.0. The number of benzene rings is 2. The second kappa shape index (κ2) is 7.01. The molecule has 3 nitrogen and oxygen atoms in total. The fraction of sp³-hybridized carbons (Fsp3) is 0.286. The number of hydrogen-bond acceptors (Lipinski definition) is 2. The Kier molecular flexibility index (Phi) is 4.72. The molecule has 0 radical (unpaired) electrons. The maximum atomic E-state index is 13.6. The molecule has 2 aromatic carbocycles. The van der Waals surface area contributed by atoms with Crippen molar-refractivity contribution in [3.05, 3.63) is 78.4 Å². The van der Waals surface area contributed by atoms with Crippen molar-refractivity contribution < 1.29 is 9.00 Å². The number of nitrogens with one attached hydrogen (secondary N) is 1. The van der Waals surface area contributed by atoms with Gasteiger partial charge in [0.15, 0.2) is 4.75 Å². The van der Waals surface area contributed by atoms with Gasteiger partial charge >= 0.3 is 0 Å². The lowest BCUT2D eigenvalue weighted by atomic mass is 9.91. The lowest BCUT2D eigenvalue weighted by molar-refractivity contribution is -0.124. The summed E-state index contributed by atoms with van der Waals surface area (Å²) in [6, 6.07) is 18.9. The molecule has 5 heteroatoms. The van der Waals surface area contributed by atoms with Gasteiger partial charge in [0.25, 0.3) is 0 Å². The van der Waals surface area contributed by atoms with Crippen LogP contribution in [0.2, 0.25) is 0 Å². The Bertz CT molecular complexity index is 855. The van der Waals surface area contributed by atoms with Crippen molar-refractivity contribution in [2.75, 3.05) is 0 Å². The minimum absolute atomic E-state index is 0.0943. The van der Waals surface area contributed by atoms with Crippen LogP contribution >= 0.6 is 11.6 Å². The van der Waals surface area contributed by atoms with Gasteiger partial charge in [-0.2, -0.15) is 0 Å². The number of carbonyl (C=O) groups is 1. The van der Waals surface area contributed by atoms with E-state index in [1.54, 1.807) is 0 Å². The van der Waals surface area contributed by atoms with Gasteiger partial charge < -0.3 is 5.32 Å². The molecule has 1 fully saturated rings. The Hall–Kier alpha value is -1.91. The lowest BCUT2D eigenvalue weighted by Crippen LogP contribution is -2.58. The summed E-state index contributed by atoms with van der Waals surface area (Å²) in [6.45, 7) is 0.401. The molecular weight excluding hydrogens is 366 g/mol. The Morgan fingerprint density at radius 2 is 1.73 bits per heavy atom. The smallest absolute Gasteiger partial charge is 0.241 e. The van der Waals surface area contributed by atoms with Gasteiger partial charge in [0.2, 0.25) is 5.91 Å². The second-order valence-electron chi connectivity index (χ2n) is 6.84. The average Bonchev–Trinajstić information content (AvgIpc) is 3.28. The number of halogens is 1. The van der Waals surface area contributed by atoms with Gasteiger partial charge in [-0.05, 0) is 30.0 Å². The van der Waals surface area contributed by atoms with Gasteiger partial charge in [-0.1, -0.05) is 60.7 Å². The number of fused-ring (bicyclic) bond motifs is 2. The highest BCUT2D eigenvalue weighted by Gasteiger charge is 2.64. The van der Waals surface area contributed by atoms with Gasteiger partial charge in [-0.3, -0.25) is 9.00 Å². The number of alkyl halides is 1. The van der Waals surface area contributed by atoms with Crippen LogP contribution in [0, 0.1) is 11.8 Å². The van der Waals surface area contributed by atoms with Gasteiger partial charge in [0, 0.05) is 17.4 Å². The molecule has 5 atom stereocenters. The molecule has 134 valence electrons. The zero-order chi connectivity index (χ0) is 18.1. The summed E-state index contributed by atoms with van der Waals surface area (Å²) in [5, 5.41) is 2.52. The van der Waals surface area contributed by atoms with Crippen molar-refractivity contribution in [3.63, 3.8) is 0 Å². The van der Waals surface area contributed by atoms with Crippen LogP contribution in [0.1, 0.15) is 12.0 Å². The molecule has 1 saturated carbocycles. The predicted molar refractivity (Wildman–Crippen MR) is 104 cm³/mol. The van der Waals surface area contributed by atoms with Crippen LogP contribution in [0.15, 0.2) is 77.7 Å². The maximum Gasteiger partial charge on any atom is 0.241 e. The van der Waals surface area contributed by atoms with E-state index in [1.165, 1.54) is 0 Å². The third kappa shape index (κ3) is 2.72. The minimum atomic E-state index is -1.53. The summed E-state index contributed by atoms with van der Waals surface area (Å²) in [5.74, 6) is -0.232. The van der Waals surface area contributed by atoms with E-state index in [0.717, 1.165) is 12.0 Å². The molecule has 0 aromatic heterocycles. The third-order valence-corrected chi connectivity index (χ3v) is 8.22. The van der Waals surface area contributed by atoms with Crippen molar-refractivity contribution >= 4 is 28.3 Å². The van der Waals surface area contributed by atoms with E-state index < -0.39 is 20.9 Å². The van der Waals surface area contributed by atoms with E-state index in [0.29, 0.717) is 11.4 Å². The highest BCUT2D eigenvalue weighted by Crippen LogP contribution is 2.53. The second-order valence-corrected chi connectivity index (χ2v) is 8.99. The summed E-state index contributed by atoms with van der Waals surface area (Å²) in [7, 11) is -1.53. The van der Waals surface area contributed by atoms with E-state index in [1.807, 2.05) is 66.7 Å². The molecule has 0 aliphatic heterocycles. The molecule has 1 N–H and O–H groups in total. The van der Waals surface area contributed by atoms with Gasteiger partial charge in [0.1, 0.15) is 0 Å². The Labute approximate surface area is 160 Å². The molecule has 1 unspecified atom stereocenters. The molecule has 4 rings (SSSR count). The number of rotatable bonds is 5. The van der Waals surface area contributed by atoms with E-state index >= 15 is 0 Å². The third-order valence-electron chi connectivity index (χ3n) is 5.37. The van der Waals surface area contributed by atoms with Crippen LogP contribution < -0.4 is 5.32 Å². The number of carbonyl (C=O) groups excluding carboxylic acids is 1. The highest BCUT2D eigenvalue weighted by atomic mass is 35.5. The van der Waals surface area contributed by atoms with Crippen molar-refractivity contribution in [1.82, 2.24) is 5.32 Å². The van der Waals surface area contributed by atoms with Crippen molar-refractivity contribution in [1.29, 1.82) is 0 Å². The van der Waals surface area contributed by atoms with Crippen LogP contribution in [0.4, 0.5) is 0 Å². The molecule has 0 saturated heterocycles. The van der Waals surface area contributed by atoms with Crippen LogP contribution in [0.5, 0.6) is 0 Å². The van der Waals surface area contributed by atoms with Crippen LogP contribution in [-0.2, 0) is 22.1 Å². The van der Waals surface area contributed by atoms with Crippen LogP contribution in [0.3, 0.4) is 0 Å². The average molecular weight is 386 g/mol. The molecule has 0 spiro atoms. The molecule has 26 heavy (non-hydrogen) atoms. The summed E-state index contributed by atoms with van der Waals surface area (Å²) in [5.41, 5.74) is 1.01. The van der Waals surface area contributed by atoms with Crippen LogP contribution in [-0.4, -0.2) is 20.2 Å². The first kappa shape index (κ1) is 17.5. The first-order chi connectivity index (χ1) is 12.6. The zero-order valence-corrected chi connectivity index (χ0v) is 15.7. The lowest BCUT2D eigenvalue weighted by Gasteiger charge is -2.36. The fourth-order valence-corrected chi connectivity index (χ4v) is 6.61. The van der Waals surface area contributed by atoms with Gasteiger partial charge in [0.05, 0.1) is 16.2 Å². The number of hydrogen-bond donors (Lipinski definition) is 1.